The fraction of sp³-hybridized carbons (Fsp3) is 0.370. The van der Waals surface area contributed by atoms with Crippen LogP contribution in [0.15, 0.2) is 60.0 Å². The summed E-state index contributed by atoms with van der Waals surface area (Å²) >= 11 is 1.45. The Morgan fingerprint density at radius 3 is 2.77 bits per heavy atom. The first kappa shape index (κ1) is 23.5. The Kier molecular flexibility index (Phi) is 7.11. The number of ether oxygens (including phenoxy) is 2. The van der Waals surface area contributed by atoms with Crippen molar-refractivity contribution in [2.75, 3.05) is 32.8 Å². The van der Waals surface area contributed by atoms with E-state index in [4.69, 9.17) is 9.47 Å². The molecular weight excluding hydrogens is 462 g/mol. The summed E-state index contributed by atoms with van der Waals surface area (Å²) in [4.78, 5) is 33.0. The Hall–Kier alpha value is -3.23. The molecule has 3 heterocycles. The van der Waals surface area contributed by atoms with Crippen LogP contribution in [0.2, 0.25) is 0 Å². The second kappa shape index (κ2) is 10.6. The Balaban J connectivity index is 1.30. The highest BCUT2D eigenvalue weighted by atomic mass is 32.1. The van der Waals surface area contributed by atoms with Gasteiger partial charge < -0.3 is 19.7 Å². The van der Waals surface area contributed by atoms with Crippen molar-refractivity contribution < 1.29 is 19.1 Å². The van der Waals surface area contributed by atoms with Gasteiger partial charge in [0.05, 0.1) is 19.7 Å². The van der Waals surface area contributed by atoms with Gasteiger partial charge in [0.25, 0.3) is 11.8 Å². The van der Waals surface area contributed by atoms with E-state index in [0.29, 0.717) is 38.4 Å². The fourth-order valence-electron chi connectivity index (χ4n) is 4.67. The lowest BCUT2D eigenvalue weighted by molar-refractivity contribution is -0.159. The minimum Gasteiger partial charge on any atom is -0.491 e. The molecule has 0 aliphatic carbocycles. The summed E-state index contributed by atoms with van der Waals surface area (Å²) in [6.07, 6.45) is 3.13. The number of thiazole rings is 1. The zero-order valence-corrected chi connectivity index (χ0v) is 20.4. The number of fused-ring (bicyclic) bond motifs is 1. The number of hydrogen-bond acceptors (Lipinski definition) is 6. The zero-order chi connectivity index (χ0) is 24.1. The van der Waals surface area contributed by atoms with Gasteiger partial charge >= 0.3 is 0 Å². The second-order valence-electron chi connectivity index (χ2n) is 8.89. The van der Waals surface area contributed by atoms with Crippen molar-refractivity contribution in [3.05, 3.63) is 71.2 Å². The minimum atomic E-state index is -1.06. The Morgan fingerprint density at radius 1 is 1.06 bits per heavy atom. The van der Waals surface area contributed by atoms with E-state index < -0.39 is 5.60 Å². The van der Waals surface area contributed by atoms with Crippen molar-refractivity contribution in [1.29, 1.82) is 0 Å². The van der Waals surface area contributed by atoms with Crippen LogP contribution in [-0.2, 0) is 16.0 Å². The first-order valence-electron chi connectivity index (χ1n) is 12.1. The molecule has 182 valence electrons. The highest BCUT2D eigenvalue weighted by Gasteiger charge is 2.44. The molecule has 2 aromatic carbocycles. The van der Waals surface area contributed by atoms with Crippen molar-refractivity contribution in [2.45, 2.75) is 31.3 Å². The maximum absolute atomic E-state index is 13.4. The molecule has 7 nitrogen and oxygen atoms in total. The van der Waals surface area contributed by atoms with Gasteiger partial charge in [-0.05, 0) is 37.3 Å². The van der Waals surface area contributed by atoms with Gasteiger partial charge in [-0.3, -0.25) is 9.59 Å². The van der Waals surface area contributed by atoms with Crippen LogP contribution in [0.4, 0.5) is 0 Å². The third-order valence-corrected chi connectivity index (χ3v) is 7.42. The largest absolute Gasteiger partial charge is 0.491 e. The zero-order valence-electron chi connectivity index (χ0n) is 19.6. The third kappa shape index (κ3) is 5.23. The van der Waals surface area contributed by atoms with E-state index in [9.17, 15) is 9.59 Å². The van der Waals surface area contributed by atoms with E-state index >= 15 is 0 Å². The molecule has 2 aliphatic heterocycles. The van der Waals surface area contributed by atoms with Crippen molar-refractivity contribution in [2.24, 2.45) is 0 Å². The molecule has 5 rings (SSSR count). The number of nitrogens with zero attached hydrogens (tertiary/aromatic N) is 2. The van der Waals surface area contributed by atoms with Gasteiger partial charge in [0.1, 0.15) is 23.1 Å². The molecule has 0 saturated carbocycles. The molecule has 1 fully saturated rings. The standard InChI is InChI=1S/C27H29N3O4S/c31-25(22-18-35-24(29-22)21-10-2-1-3-11-21)30-15-17-34-27(19-30)13-7-6-9-20-8-4-5-12-23(20)33-16-14-28-26(27)32/h1-5,8,10-12,18H,6-7,9,13-17,19H2,(H,28,32). The predicted molar refractivity (Wildman–Crippen MR) is 135 cm³/mol. The second-order valence-corrected chi connectivity index (χ2v) is 9.75. The topological polar surface area (TPSA) is 80.8 Å². The summed E-state index contributed by atoms with van der Waals surface area (Å²) in [6, 6.07) is 17.9. The monoisotopic (exact) mass is 491 g/mol. The average molecular weight is 492 g/mol. The molecule has 1 saturated heterocycles. The van der Waals surface area contributed by atoms with E-state index in [0.717, 1.165) is 35.6 Å². The first-order valence-corrected chi connectivity index (χ1v) is 13.0. The number of carbonyl (C=O) groups is 2. The maximum Gasteiger partial charge on any atom is 0.273 e. The summed E-state index contributed by atoms with van der Waals surface area (Å²) in [5.74, 6) is 0.527. The smallest absolute Gasteiger partial charge is 0.273 e. The van der Waals surface area contributed by atoms with Gasteiger partial charge in [-0.25, -0.2) is 4.98 Å². The molecule has 1 unspecified atom stereocenters. The molecule has 0 bridgehead atoms. The van der Waals surface area contributed by atoms with Crippen LogP contribution >= 0.6 is 11.3 Å². The average Bonchev–Trinajstić information content (AvgIpc) is 3.40. The number of hydrogen-bond donors (Lipinski definition) is 1. The number of morpholine rings is 1. The number of nitrogens with one attached hydrogen (secondary N) is 1. The Labute approximate surface area is 209 Å². The molecule has 0 radical (unpaired) electrons. The molecule has 8 heteroatoms. The predicted octanol–water partition coefficient (Wildman–Crippen LogP) is 3.94. The van der Waals surface area contributed by atoms with Crippen LogP contribution in [0.5, 0.6) is 5.75 Å². The van der Waals surface area contributed by atoms with Crippen molar-refractivity contribution in [3.8, 4) is 16.3 Å². The summed E-state index contributed by atoms with van der Waals surface area (Å²) in [7, 11) is 0. The fourth-order valence-corrected chi connectivity index (χ4v) is 5.47. The van der Waals surface area contributed by atoms with E-state index in [-0.39, 0.29) is 18.4 Å². The summed E-state index contributed by atoms with van der Waals surface area (Å²) < 4.78 is 12.0. The quantitative estimate of drug-likeness (QED) is 0.587. The molecule has 1 atom stereocenters. The van der Waals surface area contributed by atoms with Gasteiger partial charge in [-0.1, -0.05) is 48.5 Å². The minimum absolute atomic E-state index is 0.165. The molecule has 1 N–H and O–H groups in total. The van der Waals surface area contributed by atoms with Crippen LogP contribution in [-0.4, -0.2) is 60.1 Å². The number of amides is 2. The molecule has 1 spiro atoms. The number of benzene rings is 2. The lowest BCUT2D eigenvalue weighted by atomic mass is 9.91. The van der Waals surface area contributed by atoms with Gasteiger partial charge in [0.2, 0.25) is 0 Å². The van der Waals surface area contributed by atoms with Gasteiger partial charge in [-0.2, -0.15) is 0 Å². The molecule has 3 aromatic rings. The van der Waals surface area contributed by atoms with Crippen LogP contribution < -0.4 is 10.1 Å². The van der Waals surface area contributed by atoms with Crippen LogP contribution in [0, 0.1) is 0 Å². The number of aryl methyl sites for hydroxylation is 1. The summed E-state index contributed by atoms with van der Waals surface area (Å²) in [6.45, 7) is 1.71. The van der Waals surface area contributed by atoms with E-state index in [1.54, 1.807) is 10.3 Å². The number of rotatable bonds is 2. The van der Waals surface area contributed by atoms with Crippen LogP contribution in [0.3, 0.4) is 0 Å². The molecular formula is C27H29N3O4S. The number of para-hydroxylation sites is 1. The first-order chi connectivity index (χ1) is 17.1. The van der Waals surface area contributed by atoms with E-state index in [1.165, 1.54) is 16.9 Å². The highest BCUT2D eigenvalue weighted by molar-refractivity contribution is 7.13. The van der Waals surface area contributed by atoms with E-state index in [1.807, 2.05) is 48.5 Å². The highest BCUT2D eigenvalue weighted by Crippen LogP contribution is 2.29. The van der Waals surface area contributed by atoms with Gasteiger partial charge in [0.15, 0.2) is 5.60 Å². The summed E-state index contributed by atoms with van der Waals surface area (Å²) in [5.41, 5.74) is 1.50. The van der Waals surface area contributed by atoms with Crippen LogP contribution in [0.25, 0.3) is 10.6 Å². The van der Waals surface area contributed by atoms with Crippen LogP contribution in [0.1, 0.15) is 35.3 Å². The molecule has 2 aliphatic rings. The maximum atomic E-state index is 13.4. The van der Waals surface area contributed by atoms with Gasteiger partial charge in [0, 0.05) is 17.5 Å². The van der Waals surface area contributed by atoms with Gasteiger partial charge in [-0.15, -0.1) is 11.3 Å². The Bertz CT molecular complexity index is 1180. The van der Waals surface area contributed by atoms with Crippen molar-refractivity contribution in [1.82, 2.24) is 15.2 Å². The Morgan fingerprint density at radius 2 is 1.89 bits per heavy atom. The van der Waals surface area contributed by atoms with Crippen molar-refractivity contribution in [3.63, 3.8) is 0 Å². The number of aromatic nitrogens is 1. The lowest BCUT2D eigenvalue weighted by Gasteiger charge is -2.41. The number of carbonyl (C=O) groups excluding carboxylic acids is 2. The van der Waals surface area contributed by atoms with E-state index in [2.05, 4.69) is 16.4 Å². The summed E-state index contributed by atoms with van der Waals surface area (Å²) in [5, 5.41) is 5.58. The normalized spacial score (nSPS) is 21.3. The third-order valence-electron chi connectivity index (χ3n) is 6.53. The molecule has 2 amide bonds. The van der Waals surface area contributed by atoms with Crippen molar-refractivity contribution >= 4 is 23.2 Å². The molecule has 1 aromatic heterocycles. The lowest BCUT2D eigenvalue weighted by Crippen LogP contribution is -2.61. The molecule has 35 heavy (non-hydrogen) atoms. The SMILES string of the molecule is O=C(c1csc(-c2ccccc2)n1)N1CCOC2(CCCCc3ccccc3OCCNC2=O)C1.